The Morgan fingerprint density at radius 3 is 2.48 bits per heavy atom. The SMILES string of the molecule is COc1ccc(C(N)=S)cc1COCc1ccc(Br)cc1. The van der Waals surface area contributed by atoms with Crippen molar-refractivity contribution < 1.29 is 9.47 Å². The Morgan fingerprint density at radius 2 is 1.86 bits per heavy atom. The third kappa shape index (κ3) is 4.52. The molecule has 0 bridgehead atoms. The van der Waals surface area contributed by atoms with Gasteiger partial charge >= 0.3 is 0 Å². The van der Waals surface area contributed by atoms with Gasteiger partial charge < -0.3 is 15.2 Å². The molecule has 0 aromatic heterocycles. The molecule has 3 nitrogen and oxygen atoms in total. The van der Waals surface area contributed by atoms with E-state index in [-0.39, 0.29) is 0 Å². The molecule has 5 heteroatoms. The molecule has 0 radical (unpaired) electrons. The van der Waals surface area contributed by atoms with Crippen molar-refractivity contribution in [3.63, 3.8) is 0 Å². The first kappa shape index (κ1) is 15.9. The summed E-state index contributed by atoms with van der Waals surface area (Å²) in [6, 6.07) is 13.6. The summed E-state index contributed by atoms with van der Waals surface area (Å²) in [5.41, 5.74) is 8.51. The maximum Gasteiger partial charge on any atom is 0.124 e. The van der Waals surface area contributed by atoms with Crippen molar-refractivity contribution in [2.75, 3.05) is 7.11 Å². The summed E-state index contributed by atoms with van der Waals surface area (Å²) >= 11 is 8.40. The number of methoxy groups -OCH3 is 1. The molecular weight excluding hydrogens is 350 g/mol. The van der Waals surface area contributed by atoms with Gasteiger partial charge in [0.05, 0.1) is 20.3 Å². The predicted octanol–water partition coefficient (Wildman–Crippen LogP) is 3.81. The van der Waals surface area contributed by atoms with Crippen molar-refractivity contribution in [1.82, 2.24) is 0 Å². The number of hydrogen-bond donors (Lipinski definition) is 1. The maximum atomic E-state index is 5.74. The van der Waals surface area contributed by atoms with E-state index in [1.807, 2.05) is 42.5 Å². The molecule has 0 atom stereocenters. The van der Waals surface area contributed by atoms with Crippen LogP contribution in [0.2, 0.25) is 0 Å². The summed E-state index contributed by atoms with van der Waals surface area (Å²) in [5.74, 6) is 0.769. The highest BCUT2D eigenvalue weighted by molar-refractivity contribution is 9.10. The Bertz CT molecular complexity index is 629. The minimum atomic E-state index is 0.367. The Morgan fingerprint density at radius 1 is 1.14 bits per heavy atom. The second-order valence-electron chi connectivity index (χ2n) is 4.51. The van der Waals surface area contributed by atoms with Crippen LogP contribution in [-0.4, -0.2) is 12.1 Å². The molecule has 2 rings (SSSR count). The van der Waals surface area contributed by atoms with Crippen LogP contribution in [0.3, 0.4) is 0 Å². The van der Waals surface area contributed by atoms with E-state index in [1.54, 1.807) is 7.11 Å². The van der Waals surface area contributed by atoms with Gasteiger partial charge in [0.15, 0.2) is 0 Å². The van der Waals surface area contributed by atoms with Gasteiger partial charge in [-0.2, -0.15) is 0 Å². The van der Waals surface area contributed by atoms with E-state index in [0.29, 0.717) is 18.2 Å². The molecule has 2 aromatic rings. The quantitative estimate of drug-likeness (QED) is 0.790. The zero-order valence-corrected chi connectivity index (χ0v) is 14.0. The molecular formula is C16H16BrNO2S. The van der Waals surface area contributed by atoms with Crippen LogP contribution in [0, 0.1) is 0 Å². The van der Waals surface area contributed by atoms with Gasteiger partial charge in [0.2, 0.25) is 0 Å². The normalized spacial score (nSPS) is 10.4. The predicted molar refractivity (Wildman–Crippen MR) is 91.5 cm³/mol. The average Bonchev–Trinajstić information content (AvgIpc) is 2.49. The fraction of sp³-hybridized carbons (Fsp3) is 0.188. The van der Waals surface area contributed by atoms with Crippen molar-refractivity contribution in [3.05, 3.63) is 63.6 Å². The van der Waals surface area contributed by atoms with Gasteiger partial charge in [-0.05, 0) is 35.9 Å². The van der Waals surface area contributed by atoms with Gasteiger partial charge in [-0.1, -0.05) is 40.3 Å². The molecule has 2 aromatic carbocycles. The minimum absolute atomic E-state index is 0.367. The molecule has 0 fully saturated rings. The number of hydrogen-bond acceptors (Lipinski definition) is 3. The van der Waals surface area contributed by atoms with Gasteiger partial charge in [-0.25, -0.2) is 0 Å². The molecule has 0 aliphatic rings. The number of nitrogens with two attached hydrogens (primary N) is 1. The van der Waals surface area contributed by atoms with E-state index in [4.69, 9.17) is 27.4 Å². The fourth-order valence-corrected chi connectivity index (χ4v) is 2.30. The Balaban J connectivity index is 2.03. The molecule has 0 aliphatic heterocycles. The first-order chi connectivity index (χ1) is 10.1. The Kier molecular flexibility index (Phi) is 5.73. The molecule has 0 unspecified atom stereocenters. The molecule has 0 aliphatic carbocycles. The monoisotopic (exact) mass is 365 g/mol. The highest BCUT2D eigenvalue weighted by Gasteiger charge is 2.06. The summed E-state index contributed by atoms with van der Waals surface area (Å²) < 4.78 is 12.1. The summed E-state index contributed by atoms with van der Waals surface area (Å²) in [6.07, 6.45) is 0. The van der Waals surface area contributed by atoms with E-state index in [1.165, 1.54) is 0 Å². The van der Waals surface area contributed by atoms with Crippen molar-refractivity contribution in [1.29, 1.82) is 0 Å². The van der Waals surface area contributed by atoms with E-state index < -0.39 is 0 Å². The van der Waals surface area contributed by atoms with Gasteiger partial charge in [-0.3, -0.25) is 0 Å². The highest BCUT2D eigenvalue weighted by Crippen LogP contribution is 2.21. The van der Waals surface area contributed by atoms with Gasteiger partial charge in [0, 0.05) is 15.6 Å². The van der Waals surface area contributed by atoms with Crippen LogP contribution in [0.5, 0.6) is 5.75 Å². The van der Waals surface area contributed by atoms with E-state index in [9.17, 15) is 0 Å². The lowest BCUT2D eigenvalue weighted by Gasteiger charge is -2.11. The van der Waals surface area contributed by atoms with Crippen LogP contribution in [0.4, 0.5) is 0 Å². The lowest BCUT2D eigenvalue weighted by Crippen LogP contribution is -2.10. The molecule has 2 N–H and O–H groups in total. The third-order valence-electron chi connectivity index (χ3n) is 3.00. The van der Waals surface area contributed by atoms with E-state index in [0.717, 1.165) is 26.9 Å². The topological polar surface area (TPSA) is 44.5 Å². The van der Waals surface area contributed by atoms with Crippen molar-refractivity contribution in [2.24, 2.45) is 5.73 Å². The van der Waals surface area contributed by atoms with Crippen LogP contribution in [0.1, 0.15) is 16.7 Å². The molecule has 0 spiro atoms. The molecule has 0 saturated heterocycles. The molecule has 21 heavy (non-hydrogen) atoms. The first-order valence-corrected chi connectivity index (χ1v) is 7.59. The zero-order chi connectivity index (χ0) is 15.2. The van der Waals surface area contributed by atoms with Crippen LogP contribution in [0.25, 0.3) is 0 Å². The fourth-order valence-electron chi connectivity index (χ4n) is 1.90. The zero-order valence-electron chi connectivity index (χ0n) is 11.6. The van der Waals surface area contributed by atoms with Crippen molar-refractivity contribution in [2.45, 2.75) is 13.2 Å². The van der Waals surface area contributed by atoms with Crippen LogP contribution in [-0.2, 0) is 18.0 Å². The standard InChI is InChI=1S/C16H16BrNO2S/c1-19-15-7-4-12(16(18)21)8-13(15)10-20-9-11-2-5-14(17)6-3-11/h2-8H,9-10H2,1H3,(H2,18,21). The van der Waals surface area contributed by atoms with E-state index >= 15 is 0 Å². The largest absolute Gasteiger partial charge is 0.496 e. The summed E-state index contributed by atoms with van der Waals surface area (Å²) in [6.45, 7) is 0.976. The molecule has 0 heterocycles. The number of thiocarbonyl (C=S) groups is 1. The summed E-state index contributed by atoms with van der Waals surface area (Å²) in [7, 11) is 1.63. The molecule has 0 amide bonds. The second kappa shape index (κ2) is 7.54. The van der Waals surface area contributed by atoms with E-state index in [2.05, 4.69) is 15.9 Å². The smallest absolute Gasteiger partial charge is 0.124 e. The highest BCUT2D eigenvalue weighted by atomic mass is 79.9. The van der Waals surface area contributed by atoms with Gasteiger partial charge in [0.1, 0.15) is 10.7 Å². The lowest BCUT2D eigenvalue weighted by atomic mass is 10.1. The van der Waals surface area contributed by atoms with Crippen molar-refractivity contribution in [3.8, 4) is 5.75 Å². The van der Waals surface area contributed by atoms with Gasteiger partial charge in [-0.15, -0.1) is 0 Å². The molecule has 110 valence electrons. The number of halogens is 1. The van der Waals surface area contributed by atoms with Crippen molar-refractivity contribution >= 4 is 33.1 Å². The third-order valence-corrected chi connectivity index (χ3v) is 3.77. The number of ether oxygens (including phenoxy) is 2. The number of benzene rings is 2. The summed E-state index contributed by atoms with van der Waals surface area (Å²) in [4.78, 5) is 0.367. The van der Waals surface area contributed by atoms with Gasteiger partial charge in [0.25, 0.3) is 0 Å². The lowest BCUT2D eigenvalue weighted by molar-refractivity contribution is 0.105. The minimum Gasteiger partial charge on any atom is -0.496 e. The van der Waals surface area contributed by atoms with Crippen LogP contribution < -0.4 is 10.5 Å². The van der Waals surface area contributed by atoms with Crippen LogP contribution >= 0.6 is 28.1 Å². The second-order valence-corrected chi connectivity index (χ2v) is 5.87. The van der Waals surface area contributed by atoms with Crippen LogP contribution in [0.15, 0.2) is 46.9 Å². The summed E-state index contributed by atoms with van der Waals surface area (Å²) in [5, 5.41) is 0. The Hall–Kier alpha value is -1.43. The molecule has 0 saturated carbocycles. The average molecular weight is 366 g/mol. The first-order valence-electron chi connectivity index (χ1n) is 6.39. The Labute approximate surface area is 138 Å². The maximum absolute atomic E-state index is 5.74. The number of rotatable bonds is 6.